The summed E-state index contributed by atoms with van der Waals surface area (Å²) in [6.07, 6.45) is -1.69. The van der Waals surface area contributed by atoms with Gasteiger partial charge < -0.3 is 14.7 Å². The van der Waals surface area contributed by atoms with Crippen molar-refractivity contribution in [2.45, 2.75) is 38.4 Å². The summed E-state index contributed by atoms with van der Waals surface area (Å²) < 4.78 is 45.3. The van der Waals surface area contributed by atoms with Crippen LogP contribution in [0.1, 0.15) is 25.3 Å². The average Bonchev–Trinajstić information content (AvgIpc) is 3.10. The number of aliphatic carboxylic acids is 1. The zero-order chi connectivity index (χ0) is 25.3. The summed E-state index contributed by atoms with van der Waals surface area (Å²) in [5.41, 5.74) is 1.45. The van der Waals surface area contributed by atoms with Crippen LogP contribution < -0.4 is 14.6 Å². The normalized spacial score (nSPS) is 20.6. The van der Waals surface area contributed by atoms with Crippen LogP contribution in [0.25, 0.3) is 0 Å². The zero-order valence-electron chi connectivity index (χ0n) is 19.3. The number of hydrogen-bond donors (Lipinski definition) is 1. The van der Waals surface area contributed by atoms with Gasteiger partial charge in [0.05, 0.1) is 42.2 Å². The molecule has 1 aromatic carbocycles. The third kappa shape index (κ3) is 5.47. The Bertz CT molecular complexity index is 1100. The topological polar surface area (TPSA) is 78.3 Å². The predicted octanol–water partition coefficient (Wildman–Crippen LogP) is 5.03. The van der Waals surface area contributed by atoms with E-state index >= 15 is 0 Å². The van der Waals surface area contributed by atoms with Crippen LogP contribution in [-0.4, -0.2) is 54.2 Å². The molecule has 3 heterocycles. The van der Waals surface area contributed by atoms with Crippen molar-refractivity contribution < 1.29 is 27.8 Å². The lowest BCUT2D eigenvalue weighted by molar-refractivity contribution is -0.137. The molecule has 188 valence electrons. The Balaban J connectivity index is 1.36. The van der Waals surface area contributed by atoms with E-state index in [0.717, 1.165) is 37.2 Å². The molecular formula is C24H26ClF3N4O3. The highest BCUT2D eigenvalue weighted by molar-refractivity contribution is 6.33. The maximum absolute atomic E-state index is 13.4. The third-order valence-corrected chi connectivity index (χ3v) is 6.86. The van der Waals surface area contributed by atoms with Crippen LogP contribution in [0, 0.1) is 11.8 Å². The van der Waals surface area contributed by atoms with E-state index in [1.807, 2.05) is 18.2 Å². The minimum Gasteiger partial charge on any atom is -0.481 e. The Labute approximate surface area is 206 Å². The van der Waals surface area contributed by atoms with Crippen molar-refractivity contribution in [2.75, 3.05) is 30.1 Å². The van der Waals surface area contributed by atoms with Crippen molar-refractivity contribution in [2.24, 2.45) is 16.9 Å². The second-order valence-electron chi connectivity index (χ2n) is 8.94. The summed E-state index contributed by atoms with van der Waals surface area (Å²) in [5, 5.41) is 14.7. The van der Waals surface area contributed by atoms with Gasteiger partial charge in [-0.3, -0.25) is 9.80 Å². The lowest BCUT2D eigenvalue weighted by atomic mass is 9.92. The van der Waals surface area contributed by atoms with E-state index < -0.39 is 36.2 Å². The van der Waals surface area contributed by atoms with E-state index in [-0.39, 0.29) is 0 Å². The SMILES string of the molecule is COc1cc(N2CC(CCc3ccc(N4N=C(C(F)(F)F)C(C)C4CC(=O)O)cc3)C2)c(Cl)cn1. The molecule has 1 fully saturated rings. The summed E-state index contributed by atoms with van der Waals surface area (Å²) in [4.78, 5) is 17.5. The number of hydrogen-bond acceptors (Lipinski definition) is 6. The second kappa shape index (κ2) is 9.93. The monoisotopic (exact) mass is 510 g/mol. The fraction of sp³-hybridized carbons (Fsp3) is 0.458. The van der Waals surface area contributed by atoms with Crippen molar-refractivity contribution in [3.05, 3.63) is 47.1 Å². The molecule has 2 aromatic rings. The molecule has 4 rings (SSSR count). The molecule has 1 saturated heterocycles. The molecule has 11 heteroatoms. The number of nitrogens with zero attached hydrogens (tertiary/aromatic N) is 4. The van der Waals surface area contributed by atoms with Crippen molar-refractivity contribution in [3.8, 4) is 5.88 Å². The van der Waals surface area contributed by atoms with E-state index in [1.165, 1.54) is 11.9 Å². The molecule has 35 heavy (non-hydrogen) atoms. The van der Waals surface area contributed by atoms with Gasteiger partial charge in [0.25, 0.3) is 0 Å². The van der Waals surface area contributed by atoms with Crippen molar-refractivity contribution in [3.63, 3.8) is 0 Å². The molecule has 2 atom stereocenters. The van der Waals surface area contributed by atoms with Crippen LogP contribution in [0.15, 0.2) is 41.6 Å². The number of benzene rings is 1. The first kappa shape index (κ1) is 25.1. The third-order valence-electron chi connectivity index (χ3n) is 6.57. The Morgan fingerprint density at radius 1 is 1.26 bits per heavy atom. The number of carbonyl (C=O) groups is 1. The smallest absolute Gasteiger partial charge is 0.431 e. The minimum absolute atomic E-state index is 0.433. The Morgan fingerprint density at radius 2 is 1.94 bits per heavy atom. The molecule has 2 aliphatic heterocycles. The van der Waals surface area contributed by atoms with Crippen LogP contribution in [0.3, 0.4) is 0 Å². The van der Waals surface area contributed by atoms with Gasteiger partial charge in [0.15, 0.2) is 0 Å². The predicted molar refractivity (Wildman–Crippen MR) is 127 cm³/mol. The van der Waals surface area contributed by atoms with Gasteiger partial charge in [0, 0.05) is 25.1 Å². The van der Waals surface area contributed by atoms with Gasteiger partial charge in [-0.05, 0) is 36.5 Å². The van der Waals surface area contributed by atoms with Gasteiger partial charge in [0.1, 0.15) is 5.71 Å². The van der Waals surface area contributed by atoms with Gasteiger partial charge in [0.2, 0.25) is 5.88 Å². The molecule has 0 bridgehead atoms. The van der Waals surface area contributed by atoms with E-state index in [0.29, 0.717) is 22.5 Å². The van der Waals surface area contributed by atoms with Crippen molar-refractivity contribution in [1.29, 1.82) is 0 Å². The van der Waals surface area contributed by atoms with Gasteiger partial charge in [-0.25, -0.2) is 4.98 Å². The van der Waals surface area contributed by atoms with E-state index in [4.69, 9.17) is 16.3 Å². The lowest BCUT2D eigenvalue weighted by Gasteiger charge is -2.41. The Morgan fingerprint density at radius 3 is 2.54 bits per heavy atom. The number of ether oxygens (including phenoxy) is 1. The van der Waals surface area contributed by atoms with Gasteiger partial charge >= 0.3 is 12.1 Å². The summed E-state index contributed by atoms with van der Waals surface area (Å²) in [7, 11) is 1.56. The number of anilines is 2. The standard InChI is InChI=1S/C24H26ClF3N4O3/c1-14-19(10-22(33)34)32(30-23(14)24(26,27)28)17-7-5-15(6-8-17)3-4-16-12-31(13-16)20-9-21(35-2)29-11-18(20)25/h5-9,11,14,16,19H,3-4,10,12-13H2,1-2H3,(H,33,34). The average molecular weight is 511 g/mol. The number of aryl methyl sites for hydroxylation is 1. The van der Waals surface area contributed by atoms with Crippen LogP contribution in [0.2, 0.25) is 5.02 Å². The van der Waals surface area contributed by atoms with Crippen LogP contribution in [-0.2, 0) is 11.2 Å². The number of methoxy groups -OCH3 is 1. The molecule has 1 aromatic heterocycles. The number of rotatable bonds is 8. The molecule has 7 nitrogen and oxygen atoms in total. The van der Waals surface area contributed by atoms with Gasteiger partial charge in [-0.15, -0.1) is 0 Å². The number of halogens is 4. The molecular weight excluding hydrogens is 485 g/mol. The highest BCUT2D eigenvalue weighted by atomic mass is 35.5. The number of pyridine rings is 1. The lowest BCUT2D eigenvalue weighted by Crippen LogP contribution is -2.47. The first-order valence-corrected chi connectivity index (χ1v) is 11.6. The molecule has 0 amide bonds. The van der Waals surface area contributed by atoms with E-state index in [2.05, 4.69) is 15.0 Å². The zero-order valence-corrected chi connectivity index (χ0v) is 20.1. The Hall–Kier alpha value is -3.01. The number of carboxylic acids is 1. The maximum Gasteiger partial charge on any atom is 0.431 e. The molecule has 0 radical (unpaired) electrons. The molecule has 2 unspecified atom stereocenters. The largest absolute Gasteiger partial charge is 0.481 e. The highest BCUT2D eigenvalue weighted by Gasteiger charge is 2.48. The van der Waals surface area contributed by atoms with E-state index in [1.54, 1.807) is 25.4 Å². The molecule has 1 N–H and O–H groups in total. The van der Waals surface area contributed by atoms with Crippen LogP contribution >= 0.6 is 11.6 Å². The quantitative estimate of drug-likeness (QED) is 0.536. The van der Waals surface area contributed by atoms with Crippen molar-refractivity contribution >= 4 is 34.7 Å². The molecule has 2 aliphatic rings. The highest BCUT2D eigenvalue weighted by Crippen LogP contribution is 2.37. The van der Waals surface area contributed by atoms with Crippen molar-refractivity contribution in [1.82, 2.24) is 4.98 Å². The van der Waals surface area contributed by atoms with E-state index in [9.17, 15) is 23.1 Å². The second-order valence-corrected chi connectivity index (χ2v) is 9.34. The minimum atomic E-state index is -4.60. The van der Waals surface area contributed by atoms with Gasteiger partial charge in [-0.2, -0.15) is 18.3 Å². The summed E-state index contributed by atoms with van der Waals surface area (Å²) >= 11 is 6.26. The summed E-state index contributed by atoms with van der Waals surface area (Å²) in [6, 6.07) is 8.06. The maximum atomic E-state index is 13.4. The number of hydrazone groups is 1. The Kier molecular flexibility index (Phi) is 7.12. The number of alkyl halides is 3. The first-order chi connectivity index (χ1) is 16.6. The molecule has 0 saturated carbocycles. The van der Waals surface area contributed by atoms with Crippen LogP contribution in [0.4, 0.5) is 24.5 Å². The first-order valence-electron chi connectivity index (χ1n) is 11.3. The fourth-order valence-electron chi connectivity index (χ4n) is 4.58. The van der Waals surface area contributed by atoms with Gasteiger partial charge in [-0.1, -0.05) is 30.7 Å². The van der Waals surface area contributed by atoms with Crippen LogP contribution in [0.5, 0.6) is 5.88 Å². The molecule has 0 aliphatic carbocycles. The number of aromatic nitrogens is 1. The fourth-order valence-corrected chi connectivity index (χ4v) is 4.80. The number of carboxylic acid groups (broad SMARTS) is 1. The molecule has 0 spiro atoms. The summed E-state index contributed by atoms with van der Waals surface area (Å²) in [5.74, 6) is -1.20. The summed E-state index contributed by atoms with van der Waals surface area (Å²) in [6.45, 7) is 3.09.